The first-order valence-electron chi connectivity index (χ1n) is 8.58. The zero-order valence-corrected chi connectivity index (χ0v) is 15.3. The molecule has 1 atom stereocenters. The summed E-state index contributed by atoms with van der Waals surface area (Å²) in [7, 11) is 0. The van der Waals surface area contributed by atoms with E-state index >= 15 is 0 Å². The molecular weight excluding hydrogens is 352 g/mol. The van der Waals surface area contributed by atoms with Crippen molar-refractivity contribution in [2.75, 3.05) is 0 Å². The lowest BCUT2D eigenvalue weighted by Crippen LogP contribution is -2.30. The maximum Gasteiger partial charge on any atom is 0.220 e. The van der Waals surface area contributed by atoms with Gasteiger partial charge in [-0.1, -0.05) is 35.9 Å². The number of nitrogens with one attached hydrogen (secondary N) is 1. The molecular formula is C20H19ClN2OS. The van der Waals surface area contributed by atoms with Crippen molar-refractivity contribution in [1.29, 1.82) is 0 Å². The van der Waals surface area contributed by atoms with Gasteiger partial charge in [-0.2, -0.15) is 0 Å². The van der Waals surface area contributed by atoms with Crippen LogP contribution in [-0.2, 0) is 11.2 Å². The smallest absolute Gasteiger partial charge is 0.220 e. The predicted octanol–water partition coefficient (Wildman–Crippen LogP) is 5.15. The zero-order valence-electron chi connectivity index (χ0n) is 13.7. The van der Waals surface area contributed by atoms with Gasteiger partial charge in [-0.25, -0.2) is 4.98 Å². The number of carbonyl (C=O) groups excluding carboxylic acids is 1. The Morgan fingerprint density at radius 3 is 2.68 bits per heavy atom. The molecule has 0 aliphatic heterocycles. The maximum absolute atomic E-state index is 12.5. The van der Waals surface area contributed by atoms with E-state index in [1.807, 2.05) is 42.5 Å². The quantitative estimate of drug-likeness (QED) is 0.652. The van der Waals surface area contributed by atoms with Gasteiger partial charge in [0.05, 0.1) is 21.3 Å². The van der Waals surface area contributed by atoms with Gasteiger partial charge in [0, 0.05) is 17.9 Å². The number of rotatable bonds is 6. The van der Waals surface area contributed by atoms with Crippen molar-refractivity contribution < 1.29 is 4.79 Å². The van der Waals surface area contributed by atoms with Crippen LogP contribution in [0.1, 0.15) is 35.9 Å². The van der Waals surface area contributed by atoms with Crippen LogP contribution in [-0.4, -0.2) is 10.9 Å². The van der Waals surface area contributed by atoms with Crippen LogP contribution >= 0.6 is 22.9 Å². The van der Waals surface area contributed by atoms with Gasteiger partial charge < -0.3 is 5.32 Å². The number of halogens is 1. The number of amides is 1. The molecule has 0 spiro atoms. The molecule has 1 aromatic heterocycles. The molecule has 0 unspecified atom stereocenters. The molecule has 5 heteroatoms. The Labute approximate surface area is 156 Å². The van der Waals surface area contributed by atoms with Crippen molar-refractivity contribution in [3.63, 3.8) is 0 Å². The number of benzene rings is 2. The van der Waals surface area contributed by atoms with Gasteiger partial charge in [0.15, 0.2) is 0 Å². The molecule has 3 nitrogen and oxygen atoms in total. The summed E-state index contributed by atoms with van der Waals surface area (Å²) in [4.78, 5) is 17.1. The molecule has 1 N–H and O–H groups in total. The molecule has 4 rings (SSSR count). The predicted molar refractivity (Wildman–Crippen MR) is 103 cm³/mol. The van der Waals surface area contributed by atoms with Crippen LogP contribution < -0.4 is 5.32 Å². The molecule has 1 aliphatic carbocycles. The van der Waals surface area contributed by atoms with Crippen LogP contribution in [0.25, 0.3) is 10.2 Å². The molecule has 25 heavy (non-hydrogen) atoms. The summed E-state index contributed by atoms with van der Waals surface area (Å²) < 4.78 is 1.18. The molecule has 1 amide bonds. The zero-order chi connectivity index (χ0) is 17.2. The lowest BCUT2D eigenvalue weighted by atomic mass is 10.0. The molecule has 1 heterocycles. The molecule has 1 fully saturated rings. The summed E-state index contributed by atoms with van der Waals surface area (Å²) in [5, 5.41) is 4.96. The number of nitrogens with zero attached hydrogens (tertiary/aromatic N) is 1. The van der Waals surface area contributed by atoms with Crippen LogP contribution in [0.2, 0.25) is 5.02 Å². The van der Waals surface area contributed by atoms with Crippen molar-refractivity contribution in [2.24, 2.45) is 5.92 Å². The first-order chi connectivity index (χ1) is 12.2. The standard InChI is InChI=1S/C20H19ClN2OS/c21-15-9-7-14(8-10-15)20(13-5-6-13)23-18(24)11-12-19-22-16-3-1-2-4-17(16)25-19/h1-4,7-10,13,20H,5-6,11-12H2,(H,23,24)/t20-/m0/s1. The highest BCUT2D eigenvalue weighted by atomic mass is 35.5. The minimum Gasteiger partial charge on any atom is -0.349 e. The molecule has 3 aromatic rings. The lowest BCUT2D eigenvalue weighted by Gasteiger charge is -2.19. The fourth-order valence-corrected chi connectivity index (χ4v) is 4.16. The van der Waals surface area contributed by atoms with Crippen LogP contribution in [0.3, 0.4) is 0 Å². The van der Waals surface area contributed by atoms with E-state index in [2.05, 4.69) is 16.4 Å². The highest BCUT2D eigenvalue weighted by Crippen LogP contribution is 2.41. The number of thiazole rings is 1. The average Bonchev–Trinajstić information content (AvgIpc) is 3.37. The number of para-hydroxylation sites is 1. The molecule has 0 radical (unpaired) electrons. The second-order valence-electron chi connectivity index (χ2n) is 6.51. The van der Waals surface area contributed by atoms with E-state index in [9.17, 15) is 4.79 Å². The van der Waals surface area contributed by atoms with Gasteiger partial charge >= 0.3 is 0 Å². The Balaban J connectivity index is 1.39. The topological polar surface area (TPSA) is 42.0 Å². The Hall–Kier alpha value is -1.91. The Bertz CT molecular complexity index is 853. The third-order valence-electron chi connectivity index (χ3n) is 4.54. The Kier molecular flexibility index (Phi) is 4.73. The number of carbonyl (C=O) groups is 1. The normalized spacial score (nSPS) is 15.2. The highest BCUT2D eigenvalue weighted by molar-refractivity contribution is 7.18. The molecule has 1 saturated carbocycles. The summed E-state index contributed by atoms with van der Waals surface area (Å²) in [5.41, 5.74) is 2.15. The fourth-order valence-electron chi connectivity index (χ4n) is 3.07. The average molecular weight is 371 g/mol. The van der Waals surface area contributed by atoms with E-state index in [4.69, 9.17) is 11.6 Å². The van der Waals surface area contributed by atoms with Gasteiger partial charge in [0.1, 0.15) is 0 Å². The summed E-state index contributed by atoms with van der Waals surface area (Å²) >= 11 is 7.64. The molecule has 1 aliphatic rings. The molecule has 2 aromatic carbocycles. The largest absolute Gasteiger partial charge is 0.349 e. The van der Waals surface area contributed by atoms with Crippen molar-refractivity contribution >= 4 is 39.1 Å². The van der Waals surface area contributed by atoms with Crippen molar-refractivity contribution in [1.82, 2.24) is 10.3 Å². The monoisotopic (exact) mass is 370 g/mol. The lowest BCUT2D eigenvalue weighted by molar-refractivity contribution is -0.122. The highest BCUT2D eigenvalue weighted by Gasteiger charge is 2.33. The third-order valence-corrected chi connectivity index (χ3v) is 5.89. The number of hydrogen-bond donors (Lipinski definition) is 1. The minimum atomic E-state index is 0.0890. The van der Waals surface area contributed by atoms with Gasteiger partial charge in [-0.15, -0.1) is 11.3 Å². The van der Waals surface area contributed by atoms with Crippen molar-refractivity contribution in [3.8, 4) is 0 Å². The fraction of sp³-hybridized carbons (Fsp3) is 0.300. The van der Waals surface area contributed by atoms with Gasteiger partial charge in [0.2, 0.25) is 5.91 Å². The van der Waals surface area contributed by atoms with E-state index in [1.165, 1.54) is 17.5 Å². The summed E-state index contributed by atoms with van der Waals surface area (Å²) in [6.07, 6.45) is 3.50. The van der Waals surface area contributed by atoms with Crippen LogP contribution in [0, 0.1) is 5.92 Å². The van der Waals surface area contributed by atoms with E-state index in [-0.39, 0.29) is 11.9 Å². The Morgan fingerprint density at radius 2 is 1.96 bits per heavy atom. The molecule has 0 saturated heterocycles. The second-order valence-corrected chi connectivity index (χ2v) is 8.06. The SMILES string of the molecule is O=C(CCc1nc2ccccc2s1)N[C@H](c1ccc(Cl)cc1)C1CC1. The Morgan fingerprint density at radius 1 is 1.20 bits per heavy atom. The van der Waals surface area contributed by atoms with Crippen LogP contribution in [0.5, 0.6) is 0 Å². The summed E-state index contributed by atoms with van der Waals surface area (Å²) in [6, 6.07) is 16.0. The first-order valence-corrected chi connectivity index (χ1v) is 9.78. The second kappa shape index (κ2) is 7.14. The first kappa shape index (κ1) is 16.6. The van der Waals surface area contributed by atoms with E-state index in [1.54, 1.807) is 11.3 Å². The van der Waals surface area contributed by atoms with E-state index < -0.39 is 0 Å². The number of aromatic nitrogens is 1. The third kappa shape index (κ3) is 4.02. The van der Waals surface area contributed by atoms with Gasteiger partial charge in [-0.3, -0.25) is 4.79 Å². The van der Waals surface area contributed by atoms with E-state index in [0.717, 1.165) is 21.1 Å². The number of hydrogen-bond acceptors (Lipinski definition) is 3. The van der Waals surface area contributed by atoms with E-state index in [0.29, 0.717) is 18.8 Å². The van der Waals surface area contributed by atoms with Crippen LogP contribution in [0.15, 0.2) is 48.5 Å². The minimum absolute atomic E-state index is 0.0890. The van der Waals surface area contributed by atoms with Gasteiger partial charge in [-0.05, 0) is 48.6 Å². The van der Waals surface area contributed by atoms with Crippen molar-refractivity contribution in [2.45, 2.75) is 31.7 Å². The summed E-state index contributed by atoms with van der Waals surface area (Å²) in [6.45, 7) is 0. The molecule has 0 bridgehead atoms. The molecule has 128 valence electrons. The maximum atomic E-state index is 12.5. The van der Waals surface area contributed by atoms with Crippen LogP contribution in [0.4, 0.5) is 0 Å². The summed E-state index contributed by atoms with van der Waals surface area (Å²) in [5.74, 6) is 0.638. The number of fused-ring (bicyclic) bond motifs is 1. The van der Waals surface area contributed by atoms with Crippen molar-refractivity contribution in [3.05, 3.63) is 64.1 Å². The number of aryl methyl sites for hydroxylation is 1. The van der Waals surface area contributed by atoms with Gasteiger partial charge in [0.25, 0.3) is 0 Å².